The van der Waals surface area contributed by atoms with E-state index in [9.17, 15) is 9.18 Å². The fraction of sp³-hybridized carbons (Fsp3) is 0.300. The largest absolute Gasteiger partial charge is 0.481 e. The number of carbonyl (C=O) groups is 1. The lowest BCUT2D eigenvalue weighted by atomic mass is 10.1. The van der Waals surface area contributed by atoms with Crippen molar-refractivity contribution >= 4 is 11.7 Å². The van der Waals surface area contributed by atoms with Gasteiger partial charge < -0.3 is 10.8 Å². The van der Waals surface area contributed by atoms with Crippen molar-refractivity contribution in [3.8, 4) is 0 Å². The van der Waals surface area contributed by atoms with E-state index in [1.54, 1.807) is 6.07 Å². The summed E-state index contributed by atoms with van der Waals surface area (Å²) in [6, 6.07) is 4.54. The third-order valence-electron chi connectivity index (χ3n) is 1.92. The van der Waals surface area contributed by atoms with Crippen LogP contribution in [0.15, 0.2) is 18.2 Å². The third-order valence-corrected chi connectivity index (χ3v) is 1.92. The zero-order valence-electron chi connectivity index (χ0n) is 7.66. The van der Waals surface area contributed by atoms with Crippen LogP contribution in [0.1, 0.15) is 18.4 Å². The summed E-state index contributed by atoms with van der Waals surface area (Å²) in [5.41, 5.74) is 6.19. The van der Waals surface area contributed by atoms with Crippen molar-refractivity contribution in [2.24, 2.45) is 0 Å². The smallest absolute Gasteiger partial charge is 0.303 e. The molecule has 1 aromatic rings. The lowest BCUT2D eigenvalue weighted by molar-refractivity contribution is -0.137. The van der Waals surface area contributed by atoms with Gasteiger partial charge in [0.2, 0.25) is 0 Å². The van der Waals surface area contributed by atoms with Gasteiger partial charge in [0, 0.05) is 6.42 Å². The van der Waals surface area contributed by atoms with Gasteiger partial charge in [-0.1, -0.05) is 6.07 Å². The molecular formula is C10H12FNO2. The second-order valence-corrected chi connectivity index (χ2v) is 3.10. The van der Waals surface area contributed by atoms with Crippen LogP contribution in [0.5, 0.6) is 0 Å². The number of hydrogen-bond donors (Lipinski definition) is 2. The number of anilines is 1. The predicted octanol–water partition coefficient (Wildman–Crippen LogP) is 1.82. The average molecular weight is 197 g/mol. The molecule has 0 amide bonds. The predicted molar refractivity (Wildman–Crippen MR) is 51.4 cm³/mol. The topological polar surface area (TPSA) is 63.3 Å². The van der Waals surface area contributed by atoms with E-state index < -0.39 is 11.8 Å². The molecule has 0 aromatic heterocycles. The van der Waals surface area contributed by atoms with Crippen molar-refractivity contribution in [2.45, 2.75) is 19.3 Å². The molecule has 0 bridgehead atoms. The monoisotopic (exact) mass is 197 g/mol. The summed E-state index contributed by atoms with van der Waals surface area (Å²) in [7, 11) is 0. The van der Waals surface area contributed by atoms with Gasteiger partial charge in [-0.05, 0) is 30.5 Å². The molecule has 3 N–H and O–H groups in total. The lowest BCUT2D eigenvalue weighted by Gasteiger charge is -2.01. The Morgan fingerprint density at radius 2 is 2.21 bits per heavy atom. The maximum Gasteiger partial charge on any atom is 0.303 e. The quantitative estimate of drug-likeness (QED) is 0.723. The molecule has 3 nitrogen and oxygen atoms in total. The maximum atomic E-state index is 12.9. The van der Waals surface area contributed by atoms with Gasteiger partial charge in [-0.2, -0.15) is 0 Å². The van der Waals surface area contributed by atoms with E-state index in [0.717, 1.165) is 5.56 Å². The lowest BCUT2D eigenvalue weighted by Crippen LogP contribution is -1.97. The van der Waals surface area contributed by atoms with E-state index in [0.29, 0.717) is 12.8 Å². The van der Waals surface area contributed by atoms with E-state index in [1.807, 2.05) is 0 Å². The molecule has 0 aliphatic heterocycles. The van der Waals surface area contributed by atoms with Crippen LogP contribution in [0, 0.1) is 5.82 Å². The molecule has 0 spiro atoms. The minimum absolute atomic E-state index is 0.103. The number of halogens is 1. The molecule has 14 heavy (non-hydrogen) atoms. The summed E-state index contributed by atoms with van der Waals surface area (Å²) in [5.74, 6) is -1.28. The number of carboxylic acids is 1. The molecular weight excluding hydrogens is 185 g/mol. The van der Waals surface area contributed by atoms with Crippen LogP contribution in [0.25, 0.3) is 0 Å². The summed E-state index contributed by atoms with van der Waals surface area (Å²) in [5, 5.41) is 8.40. The first-order chi connectivity index (χ1) is 6.59. The van der Waals surface area contributed by atoms with E-state index in [2.05, 4.69) is 0 Å². The Kier molecular flexibility index (Phi) is 3.45. The minimum atomic E-state index is -0.832. The summed E-state index contributed by atoms with van der Waals surface area (Å²) in [4.78, 5) is 10.2. The Bertz CT molecular complexity index is 339. The SMILES string of the molecule is Nc1ccc(CCCC(=O)O)cc1F. The average Bonchev–Trinajstić information content (AvgIpc) is 2.10. The zero-order valence-corrected chi connectivity index (χ0v) is 7.66. The Balaban J connectivity index is 2.51. The normalized spacial score (nSPS) is 10.1. The van der Waals surface area contributed by atoms with Crippen molar-refractivity contribution in [1.82, 2.24) is 0 Å². The Morgan fingerprint density at radius 3 is 2.79 bits per heavy atom. The molecule has 76 valence electrons. The molecule has 1 aromatic carbocycles. The van der Waals surface area contributed by atoms with Crippen LogP contribution < -0.4 is 5.73 Å². The third kappa shape index (κ3) is 3.05. The van der Waals surface area contributed by atoms with Gasteiger partial charge in [-0.25, -0.2) is 4.39 Å². The maximum absolute atomic E-state index is 12.9. The van der Waals surface area contributed by atoms with Crippen molar-refractivity contribution in [2.75, 3.05) is 5.73 Å². The van der Waals surface area contributed by atoms with Gasteiger partial charge in [0.1, 0.15) is 5.82 Å². The number of nitrogen functional groups attached to an aromatic ring is 1. The van der Waals surface area contributed by atoms with Crippen LogP contribution in [0.4, 0.5) is 10.1 Å². The Labute approximate surface area is 81.4 Å². The number of benzene rings is 1. The fourth-order valence-electron chi connectivity index (χ4n) is 1.17. The van der Waals surface area contributed by atoms with Gasteiger partial charge >= 0.3 is 5.97 Å². The van der Waals surface area contributed by atoms with Crippen LogP contribution in [0.3, 0.4) is 0 Å². The number of hydrogen-bond acceptors (Lipinski definition) is 2. The second kappa shape index (κ2) is 4.60. The zero-order chi connectivity index (χ0) is 10.6. The molecule has 0 saturated heterocycles. The van der Waals surface area contributed by atoms with Crippen molar-refractivity contribution in [3.63, 3.8) is 0 Å². The number of rotatable bonds is 4. The minimum Gasteiger partial charge on any atom is -0.481 e. The molecule has 0 saturated carbocycles. The van der Waals surface area contributed by atoms with Crippen molar-refractivity contribution < 1.29 is 14.3 Å². The molecule has 0 heterocycles. The Hall–Kier alpha value is -1.58. The molecule has 0 atom stereocenters. The van der Waals surface area contributed by atoms with Crippen LogP contribution in [-0.4, -0.2) is 11.1 Å². The summed E-state index contributed by atoms with van der Waals surface area (Å²) < 4.78 is 12.9. The summed E-state index contributed by atoms with van der Waals surface area (Å²) in [6.07, 6.45) is 1.17. The van der Waals surface area contributed by atoms with Gasteiger partial charge in [0.25, 0.3) is 0 Å². The highest BCUT2D eigenvalue weighted by atomic mass is 19.1. The van der Waals surface area contributed by atoms with Gasteiger partial charge in [0.15, 0.2) is 0 Å². The van der Waals surface area contributed by atoms with E-state index in [4.69, 9.17) is 10.8 Å². The Morgan fingerprint density at radius 1 is 1.50 bits per heavy atom. The molecule has 0 aliphatic rings. The summed E-state index contributed by atoms with van der Waals surface area (Å²) >= 11 is 0. The second-order valence-electron chi connectivity index (χ2n) is 3.10. The number of aryl methyl sites for hydroxylation is 1. The molecule has 1 rings (SSSR count). The van der Waals surface area contributed by atoms with Crippen molar-refractivity contribution in [1.29, 1.82) is 0 Å². The fourth-order valence-corrected chi connectivity index (χ4v) is 1.17. The van der Waals surface area contributed by atoms with Gasteiger partial charge in [0.05, 0.1) is 5.69 Å². The van der Waals surface area contributed by atoms with Crippen LogP contribution in [-0.2, 0) is 11.2 Å². The summed E-state index contributed by atoms with van der Waals surface area (Å²) in [6.45, 7) is 0. The highest BCUT2D eigenvalue weighted by molar-refractivity contribution is 5.66. The molecule has 4 heteroatoms. The standard InChI is InChI=1S/C10H12FNO2/c11-8-6-7(4-5-9(8)12)2-1-3-10(13)14/h4-6H,1-3,12H2,(H,13,14). The highest BCUT2D eigenvalue weighted by Crippen LogP contribution is 2.13. The van der Waals surface area contributed by atoms with Crippen LogP contribution in [0.2, 0.25) is 0 Å². The number of aliphatic carboxylic acids is 1. The van der Waals surface area contributed by atoms with E-state index >= 15 is 0 Å². The molecule has 0 unspecified atom stereocenters. The van der Waals surface area contributed by atoms with E-state index in [-0.39, 0.29) is 12.1 Å². The molecule has 0 aliphatic carbocycles. The van der Waals surface area contributed by atoms with Gasteiger partial charge in [-0.15, -0.1) is 0 Å². The molecule has 0 radical (unpaired) electrons. The van der Waals surface area contributed by atoms with E-state index in [1.165, 1.54) is 12.1 Å². The number of nitrogens with two attached hydrogens (primary N) is 1. The molecule has 0 fully saturated rings. The van der Waals surface area contributed by atoms with Crippen molar-refractivity contribution in [3.05, 3.63) is 29.6 Å². The number of carboxylic acid groups (broad SMARTS) is 1. The first-order valence-electron chi connectivity index (χ1n) is 4.35. The first kappa shape index (κ1) is 10.5. The van der Waals surface area contributed by atoms with Gasteiger partial charge in [-0.3, -0.25) is 4.79 Å². The van der Waals surface area contributed by atoms with Crippen LogP contribution >= 0.6 is 0 Å². The first-order valence-corrected chi connectivity index (χ1v) is 4.35. The highest BCUT2D eigenvalue weighted by Gasteiger charge is 2.01.